The predicted molar refractivity (Wildman–Crippen MR) is 82.9 cm³/mol. The molecule has 4 nitrogen and oxygen atoms in total. The molecule has 0 spiro atoms. The molecule has 0 radical (unpaired) electrons. The molecule has 1 unspecified atom stereocenters. The van der Waals surface area contributed by atoms with Crippen LogP contribution in [-0.4, -0.2) is 23.9 Å². The van der Waals surface area contributed by atoms with Crippen molar-refractivity contribution in [3.8, 4) is 17.2 Å². The Balaban J connectivity index is 1.88. The third-order valence-corrected chi connectivity index (χ3v) is 3.50. The predicted octanol–water partition coefficient (Wildman–Crippen LogP) is 3.00. The Hall–Kier alpha value is -2.20. The van der Waals surface area contributed by atoms with Gasteiger partial charge in [0.1, 0.15) is 17.2 Å². The second-order valence-electron chi connectivity index (χ2n) is 5.02. The van der Waals surface area contributed by atoms with Crippen molar-refractivity contribution in [2.75, 3.05) is 13.7 Å². The van der Waals surface area contributed by atoms with Gasteiger partial charge in [0, 0.05) is 11.6 Å². The van der Waals surface area contributed by atoms with E-state index < -0.39 is 0 Å². The molecule has 0 aliphatic rings. The van der Waals surface area contributed by atoms with Crippen LogP contribution >= 0.6 is 0 Å². The number of phenolic OH excluding ortho intramolecular Hbond substituents is 2. The molecule has 0 aliphatic heterocycles. The van der Waals surface area contributed by atoms with E-state index in [1.54, 1.807) is 13.2 Å². The summed E-state index contributed by atoms with van der Waals surface area (Å²) in [5, 5.41) is 22.6. The zero-order valence-electron chi connectivity index (χ0n) is 12.3. The Kier molecular flexibility index (Phi) is 5.06. The average molecular weight is 287 g/mol. The van der Waals surface area contributed by atoms with Gasteiger partial charge in [-0.3, -0.25) is 0 Å². The van der Waals surface area contributed by atoms with Gasteiger partial charge in [-0.15, -0.1) is 0 Å². The molecule has 3 N–H and O–H groups in total. The highest BCUT2D eigenvalue weighted by molar-refractivity contribution is 5.40. The summed E-state index contributed by atoms with van der Waals surface area (Å²) in [5.74, 6) is 1.20. The van der Waals surface area contributed by atoms with Gasteiger partial charge in [-0.1, -0.05) is 12.1 Å². The number of phenols is 2. The van der Waals surface area contributed by atoms with Crippen molar-refractivity contribution < 1.29 is 14.9 Å². The highest BCUT2D eigenvalue weighted by Crippen LogP contribution is 2.27. The molecule has 0 fully saturated rings. The largest absolute Gasteiger partial charge is 0.508 e. The Morgan fingerprint density at radius 2 is 1.81 bits per heavy atom. The van der Waals surface area contributed by atoms with Crippen LogP contribution in [0.5, 0.6) is 17.2 Å². The molecular formula is C17H21NO3. The van der Waals surface area contributed by atoms with Crippen LogP contribution in [0.15, 0.2) is 42.5 Å². The first-order chi connectivity index (χ1) is 10.1. The molecule has 0 saturated carbocycles. The number of aromatic hydroxyl groups is 2. The standard InChI is InChI=1S/C17H21NO3/c1-12(16-11-14(19)5-8-17(16)20)18-10-9-13-3-6-15(21-2)7-4-13/h3-8,11-12,18-20H,9-10H2,1-2H3. The minimum absolute atomic E-state index is 0.0321. The Morgan fingerprint density at radius 3 is 2.48 bits per heavy atom. The van der Waals surface area contributed by atoms with Crippen molar-refractivity contribution in [1.29, 1.82) is 0 Å². The summed E-state index contributed by atoms with van der Waals surface area (Å²) in [4.78, 5) is 0. The number of ether oxygens (including phenoxy) is 1. The molecule has 1 atom stereocenters. The number of methoxy groups -OCH3 is 1. The van der Waals surface area contributed by atoms with E-state index in [1.807, 2.05) is 31.2 Å². The highest BCUT2D eigenvalue weighted by atomic mass is 16.5. The van der Waals surface area contributed by atoms with Crippen LogP contribution in [0, 0.1) is 0 Å². The number of benzene rings is 2. The maximum absolute atomic E-state index is 9.81. The maximum atomic E-state index is 9.81. The van der Waals surface area contributed by atoms with Crippen LogP contribution in [0.1, 0.15) is 24.1 Å². The van der Waals surface area contributed by atoms with Crippen molar-refractivity contribution in [1.82, 2.24) is 5.32 Å². The number of hydrogen-bond acceptors (Lipinski definition) is 4. The SMILES string of the molecule is COc1ccc(CCNC(C)c2cc(O)ccc2O)cc1. The van der Waals surface area contributed by atoms with Gasteiger partial charge in [0.15, 0.2) is 0 Å². The molecule has 2 aromatic carbocycles. The van der Waals surface area contributed by atoms with E-state index in [-0.39, 0.29) is 17.5 Å². The topological polar surface area (TPSA) is 61.7 Å². The van der Waals surface area contributed by atoms with Gasteiger partial charge in [-0.2, -0.15) is 0 Å². The summed E-state index contributed by atoms with van der Waals surface area (Å²) in [6.45, 7) is 2.74. The van der Waals surface area contributed by atoms with E-state index in [0.717, 1.165) is 18.7 Å². The molecule has 2 rings (SSSR count). The first kappa shape index (κ1) is 15.2. The third-order valence-electron chi connectivity index (χ3n) is 3.50. The van der Waals surface area contributed by atoms with E-state index in [1.165, 1.54) is 17.7 Å². The summed E-state index contributed by atoms with van der Waals surface area (Å²) in [5.41, 5.74) is 1.92. The molecule has 0 saturated heterocycles. The summed E-state index contributed by atoms with van der Waals surface area (Å²) in [6.07, 6.45) is 0.883. The second kappa shape index (κ2) is 6.99. The summed E-state index contributed by atoms with van der Waals surface area (Å²) >= 11 is 0. The van der Waals surface area contributed by atoms with Gasteiger partial charge in [-0.05, 0) is 55.8 Å². The smallest absolute Gasteiger partial charge is 0.120 e. The molecule has 0 aliphatic carbocycles. The number of hydrogen-bond donors (Lipinski definition) is 3. The molecule has 4 heteroatoms. The van der Waals surface area contributed by atoms with Crippen LogP contribution in [0.2, 0.25) is 0 Å². The van der Waals surface area contributed by atoms with Crippen molar-refractivity contribution >= 4 is 0 Å². The lowest BCUT2D eigenvalue weighted by Crippen LogP contribution is -2.21. The fourth-order valence-corrected chi connectivity index (χ4v) is 2.22. The molecular weight excluding hydrogens is 266 g/mol. The Bertz CT molecular complexity index is 581. The first-order valence-electron chi connectivity index (χ1n) is 6.98. The number of nitrogens with one attached hydrogen (secondary N) is 1. The van der Waals surface area contributed by atoms with Crippen LogP contribution in [-0.2, 0) is 6.42 Å². The van der Waals surface area contributed by atoms with Gasteiger partial charge in [0.2, 0.25) is 0 Å². The van der Waals surface area contributed by atoms with Crippen LogP contribution in [0.25, 0.3) is 0 Å². The Morgan fingerprint density at radius 1 is 1.10 bits per heavy atom. The van der Waals surface area contributed by atoms with E-state index in [2.05, 4.69) is 5.32 Å². The molecule has 0 aromatic heterocycles. The van der Waals surface area contributed by atoms with Crippen molar-refractivity contribution in [3.63, 3.8) is 0 Å². The summed E-state index contributed by atoms with van der Waals surface area (Å²) in [6, 6.07) is 12.5. The van der Waals surface area contributed by atoms with E-state index >= 15 is 0 Å². The normalized spacial score (nSPS) is 12.1. The third kappa shape index (κ3) is 4.13. The Labute approximate surface area is 125 Å². The zero-order valence-corrected chi connectivity index (χ0v) is 12.3. The van der Waals surface area contributed by atoms with Crippen LogP contribution in [0.4, 0.5) is 0 Å². The molecule has 0 amide bonds. The van der Waals surface area contributed by atoms with Crippen molar-refractivity contribution in [2.45, 2.75) is 19.4 Å². The number of rotatable bonds is 6. The molecule has 2 aromatic rings. The fourth-order valence-electron chi connectivity index (χ4n) is 2.22. The minimum Gasteiger partial charge on any atom is -0.508 e. The molecule has 21 heavy (non-hydrogen) atoms. The molecule has 112 valence electrons. The first-order valence-corrected chi connectivity index (χ1v) is 6.98. The average Bonchev–Trinajstić information content (AvgIpc) is 2.50. The van der Waals surface area contributed by atoms with Crippen molar-refractivity contribution in [3.05, 3.63) is 53.6 Å². The molecule has 0 heterocycles. The monoisotopic (exact) mass is 287 g/mol. The maximum Gasteiger partial charge on any atom is 0.120 e. The van der Waals surface area contributed by atoms with E-state index in [0.29, 0.717) is 5.56 Å². The van der Waals surface area contributed by atoms with E-state index in [4.69, 9.17) is 4.74 Å². The lowest BCUT2D eigenvalue weighted by molar-refractivity contribution is 0.414. The van der Waals surface area contributed by atoms with Gasteiger partial charge in [-0.25, -0.2) is 0 Å². The zero-order chi connectivity index (χ0) is 15.2. The van der Waals surface area contributed by atoms with Crippen molar-refractivity contribution in [2.24, 2.45) is 0 Å². The van der Waals surface area contributed by atoms with E-state index in [9.17, 15) is 10.2 Å². The lowest BCUT2D eigenvalue weighted by Gasteiger charge is -2.16. The fraction of sp³-hybridized carbons (Fsp3) is 0.294. The summed E-state index contributed by atoms with van der Waals surface area (Å²) in [7, 11) is 1.65. The highest BCUT2D eigenvalue weighted by Gasteiger charge is 2.10. The minimum atomic E-state index is -0.0321. The van der Waals surface area contributed by atoms with Gasteiger partial charge >= 0.3 is 0 Å². The van der Waals surface area contributed by atoms with Crippen LogP contribution < -0.4 is 10.1 Å². The van der Waals surface area contributed by atoms with Gasteiger partial charge < -0.3 is 20.3 Å². The molecule has 0 bridgehead atoms. The van der Waals surface area contributed by atoms with Gasteiger partial charge in [0.05, 0.1) is 7.11 Å². The van der Waals surface area contributed by atoms with Gasteiger partial charge in [0.25, 0.3) is 0 Å². The summed E-state index contributed by atoms with van der Waals surface area (Å²) < 4.78 is 5.13. The second-order valence-corrected chi connectivity index (χ2v) is 5.02. The quantitative estimate of drug-likeness (QED) is 0.715. The lowest BCUT2D eigenvalue weighted by atomic mass is 10.1. The van der Waals surface area contributed by atoms with Crippen LogP contribution in [0.3, 0.4) is 0 Å².